The number of amides is 1. The number of hydrogen-bond acceptors (Lipinski definition) is 18. The molecule has 24 nitrogen and oxygen atoms in total. The second-order valence-electron chi connectivity index (χ2n) is 12.3. The normalized spacial score (nSPS) is 25.8. The van der Waals surface area contributed by atoms with Gasteiger partial charge in [0.1, 0.15) is 54.3 Å². The predicted octanol–water partition coefficient (Wildman–Crippen LogP) is -0.945. The fourth-order valence-electron chi connectivity index (χ4n) is 5.74. The van der Waals surface area contributed by atoms with Crippen molar-refractivity contribution in [1.29, 1.82) is 0 Å². The summed E-state index contributed by atoms with van der Waals surface area (Å²) in [5.74, 6) is -1.51. The molecule has 0 spiro atoms. The summed E-state index contributed by atoms with van der Waals surface area (Å²) in [4.78, 5) is 83.7. The van der Waals surface area contributed by atoms with Gasteiger partial charge in [0, 0.05) is 25.5 Å². The molecule has 308 valence electrons. The molecule has 2 aliphatic rings. The maximum absolute atomic E-state index is 13.6. The third kappa shape index (κ3) is 10.9. The van der Waals surface area contributed by atoms with E-state index in [1.165, 1.54) is 29.2 Å². The summed E-state index contributed by atoms with van der Waals surface area (Å²) in [6, 6.07) is 0.0925. The average molecular weight is 850 g/mol. The molecule has 5 rings (SSSR count). The van der Waals surface area contributed by atoms with Crippen molar-refractivity contribution in [3.05, 3.63) is 48.1 Å². The zero-order valence-corrected chi connectivity index (χ0v) is 32.2. The molecule has 2 fully saturated rings. The van der Waals surface area contributed by atoms with Gasteiger partial charge in [0.15, 0.2) is 23.8 Å². The van der Waals surface area contributed by atoms with Crippen LogP contribution in [0.2, 0.25) is 0 Å². The first-order chi connectivity index (χ1) is 26.5. The number of imidazole rings is 1. The Morgan fingerprint density at radius 1 is 1.14 bits per heavy atom. The maximum atomic E-state index is 13.6. The highest BCUT2D eigenvalue weighted by atomic mass is 32.1. The summed E-state index contributed by atoms with van der Waals surface area (Å²) >= 11 is 0.797. The lowest BCUT2D eigenvalue weighted by Gasteiger charge is -2.25. The second-order valence-corrected chi connectivity index (χ2v) is 15.8. The van der Waals surface area contributed by atoms with Crippen molar-refractivity contribution in [3.63, 3.8) is 0 Å². The van der Waals surface area contributed by atoms with Crippen molar-refractivity contribution in [3.8, 4) is 0 Å². The smallest absolute Gasteiger partial charge is 0.455 e. The van der Waals surface area contributed by atoms with E-state index in [9.17, 15) is 43.3 Å². The lowest BCUT2D eigenvalue weighted by Crippen LogP contribution is -2.46. The van der Waals surface area contributed by atoms with Crippen LogP contribution in [0, 0.1) is 0 Å². The summed E-state index contributed by atoms with van der Waals surface area (Å²) in [5.41, 5.74) is 10.9. The quantitative estimate of drug-likeness (QED) is 0.0252. The third-order valence-electron chi connectivity index (χ3n) is 8.36. The number of nitrogens with one attached hydrogen (secondary N) is 1. The molecule has 3 aromatic rings. The number of rotatable bonds is 18. The number of phosphoric acid groups is 2. The third-order valence-corrected chi connectivity index (χ3v) is 10.4. The van der Waals surface area contributed by atoms with Crippen LogP contribution >= 0.6 is 27.0 Å². The first-order valence-electron chi connectivity index (χ1n) is 16.6. The molecule has 1 unspecified atom stereocenters. The lowest BCUT2D eigenvalue weighted by atomic mass is 10.1. The van der Waals surface area contributed by atoms with Crippen LogP contribution in [0.1, 0.15) is 38.1 Å². The predicted molar refractivity (Wildman–Crippen MR) is 197 cm³/mol. The number of phosphoric ester groups is 2. The number of allylic oxidation sites excluding steroid dienone is 1. The van der Waals surface area contributed by atoms with Gasteiger partial charge in [0.05, 0.1) is 19.5 Å². The van der Waals surface area contributed by atoms with Crippen LogP contribution in [0.25, 0.3) is 11.2 Å². The van der Waals surface area contributed by atoms with Gasteiger partial charge in [-0.1, -0.05) is 11.4 Å². The van der Waals surface area contributed by atoms with E-state index in [0.29, 0.717) is 6.42 Å². The molecule has 5 heterocycles. The molecule has 3 aromatic heterocycles. The van der Waals surface area contributed by atoms with E-state index in [1.54, 1.807) is 11.6 Å². The van der Waals surface area contributed by atoms with E-state index in [1.807, 2.05) is 0 Å². The maximum Gasteiger partial charge on any atom is 0.472 e. The minimum Gasteiger partial charge on any atom is -0.455 e. The molecule has 56 heavy (non-hydrogen) atoms. The molecule has 0 aromatic carbocycles. The number of fused-ring (bicyclic) bond motifs is 1. The van der Waals surface area contributed by atoms with Crippen molar-refractivity contribution < 1.29 is 66.3 Å². The van der Waals surface area contributed by atoms with Gasteiger partial charge < -0.3 is 50.8 Å². The van der Waals surface area contributed by atoms with Crippen LogP contribution in [-0.2, 0) is 46.5 Å². The Morgan fingerprint density at radius 2 is 1.89 bits per heavy atom. The summed E-state index contributed by atoms with van der Waals surface area (Å²) in [6.45, 7) is 1.88. The topological polar surface area (TPSA) is 347 Å². The molecule has 2 saturated heterocycles. The van der Waals surface area contributed by atoms with E-state index >= 15 is 0 Å². The number of hydrogen-bond donors (Lipinski definition) is 8. The molecule has 1 amide bonds. The van der Waals surface area contributed by atoms with Gasteiger partial charge in [0.25, 0.3) is 0 Å². The minimum absolute atomic E-state index is 0.0177. The van der Waals surface area contributed by atoms with Crippen LogP contribution in [0.5, 0.6) is 0 Å². The standard InChI is InChI=1S/C29H41N9O15P2S/c1-3-4-5-20(39)35-15(7-9-56-2)28(41)52-24-18(51-27(23(24)40)38-14-34-22-25(31)32-13-33-26(22)38)12-49-55(46,47)53-16-10-21(37-8-6-19(30)36-29(37)42)50-17(16)11-48-54(43,44)45/h3,6,8-9,13-18,21,23-24,27,40,56H,1,4-5,7,10-12H2,2H3,(H,35,39)(H,46,47)(H2,30,36,42)(H2,31,32,33)(H2,43,44,45)/t15-,16-,17+,18+,21+,23+,24+,27+/m0/s1. The number of anilines is 2. The SMILES string of the molecule is C=CCCC(=O)N[C@@H](CC=[SH]C)C(=O)O[C@H]1[C@@H](O)[C@H](n2cnc3c(N)ncnc32)O[C@@H]1COP(=O)(O)O[C@H]1C[C@H](n2ccc(N)nc2=O)O[C@@H]1COP(=O)(O)O. The molecule has 0 aliphatic carbocycles. The second kappa shape index (κ2) is 18.5. The monoisotopic (exact) mass is 849 g/mol. The minimum atomic E-state index is -5.19. The number of thiol groups is 1. The zero-order valence-electron chi connectivity index (χ0n) is 29.5. The number of nitrogen functional groups attached to an aromatic ring is 2. The Hall–Kier alpha value is -3.97. The van der Waals surface area contributed by atoms with Gasteiger partial charge in [-0.05, 0) is 18.7 Å². The van der Waals surface area contributed by atoms with Gasteiger partial charge >= 0.3 is 27.3 Å². The van der Waals surface area contributed by atoms with Crippen molar-refractivity contribution in [2.24, 2.45) is 0 Å². The fourth-order valence-corrected chi connectivity index (χ4v) is 7.47. The highest BCUT2D eigenvalue weighted by Gasteiger charge is 2.50. The first-order valence-corrected chi connectivity index (χ1v) is 21.1. The Bertz CT molecular complexity index is 2080. The largest absolute Gasteiger partial charge is 0.472 e. The number of aliphatic hydroxyl groups excluding tert-OH is 1. The van der Waals surface area contributed by atoms with E-state index in [0.717, 1.165) is 22.2 Å². The number of aromatic nitrogens is 6. The molecule has 9 atom stereocenters. The molecule has 0 radical (unpaired) electrons. The highest BCUT2D eigenvalue weighted by molar-refractivity contribution is 7.96. The number of aliphatic hydroxyl groups is 1. The van der Waals surface area contributed by atoms with Crippen molar-refractivity contribution in [2.45, 2.75) is 74.7 Å². The van der Waals surface area contributed by atoms with Gasteiger partial charge in [-0.2, -0.15) is 4.98 Å². The summed E-state index contributed by atoms with van der Waals surface area (Å²) < 4.78 is 59.7. The Labute approximate surface area is 320 Å². The van der Waals surface area contributed by atoms with Crippen LogP contribution in [-0.4, -0.2) is 122 Å². The van der Waals surface area contributed by atoms with Crippen molar-refractivity contribution in [1.82, 2.24) is 34.4 Å². The van der Waals surface area contributed by atoms with Gasteiger partial charge in [-0.25, -0.2) is 45.0 Å². The Kier molecular flexibility index (Phi) is 14.3. The van der Waals surface area contributed by atoms with Crippen LogP contribution < -0.4 is 22.5 Å². The molecular weight excluding hydrogens is 808 g/mol. The number of carbonyl (C=O) groups excluding carboxylic acids is 2. The number of ether oxygens (including phenoxy) is 3. The van der Waals surface area contributed by atoms with E-state index in [2.05, 4.69) is 36.4 Å². The zero-order chi connectivity index (χ0) is 40.8. The molecule has 0 bridgehead atoms. The van der Waals surface area contributed by atoms with Crippen LogP contribution in [0.4, 0.5) is 11.6 Å². The van der Waals surface area contributed by atoms with E-state index in [-0.39, 0.29) is 42.1 Å². The molecular formula is C29H41N9O15P2S. The summed E-state index contributed by atoms with van der Waals surface area (Å²) in [5, 5.41) is 15.8. The number of nitrogens with two attached hydrogens (primary N) is 2. The molecule has 9 N–H and O–H groups in total. The van der Waals surface area contributed by atoms with Gasteiger partial charge in [-0.3, -0.25) is 27.5 Å². The molecule has 2 aliphatic heterocycles. The fraction of sp³-hybridized carbons (Fsp3) is 0.517. The van der Waals surface area contributed by atoms with E-state index in [4.69, 9.17) is 34.7 Å². The summed E-state index contributed by atoms with van der Waals surface area (Å²) in [7, 11) is -10.2. The van der Waals surface area contributed by atoms with Crippen LogP contribution in [0.15, 0.2) is 42.4 Å². The van der Waals surface area contributed by atoms with Crippen molar-refractivity contribution >= 4 is 67.0 Å². The highest BCUT2D eigenvalue weighted by Crippen LogP contribution is 2.50. The Balaban J connectivity index is 1.37. The van der Waals surface area contributed by atoms with Crippen LogP contribution in [0.3, 0.4) is 0 Å². The first kappa shape index (κ1) is 43.2. The Morgan fingerprint density at radius 3 is 2.59 bits per heavy atom. The number of carbonyl (C=O) groups is 2. The average Bonchev–Trinajstić information content (AvgIpc) is 3.82. The van der Waals surface area contributed by atoms with Gasteiger partial charge in [-0.15, -0.1) is 6.58 Å². The lowest BCUT2D eigenvalue weighted by molar-refractivity contribution is -0.159. The number of nitrogens with zero attached hydrogens (tertiary/aromatic N) is 6. The molecule has 27 heteroatoms. The van der Waals surface area contributed by atoms with Gasteiger partial charge in [0.2, 0.25) is 5.91 Å². The summed E-state index contributed by atoms with van der Waals surface area (Å²) in [6.07, 6.45) is -3.17. The van der Waals surface area contributed by atoms with Crippen molar-refractivity contribution in [2.75, 3.05) is 30.9 Å². The number of esters is 1. The molecule has 0 saturated carbocycles. The van der Waals surface area contributed by atoms with E-state index < -0.39 is 95.4 Å².